The Hall–Kier alpha value is -1.39. The van der Waals surface area contributed by atoms with Crippen molar-refractivity contribution in [3.63, 3.8) is 0 Å². The number of halogens is 4. The van der Waals surface area contributed by atoms with Crippen LogP contribution in [-0.2, 0) is 6.18 Å². The fourth-order valence-corrected chi connectivity index (χ4v) is 2.51. The molecular formula is C10H7BrF3N5S. The van der Waals surface area contributed by atoms with E-state index in [-0.39, 0.29) is 11.0 Å². The molecule has 0 fully saturated rings. The van der Waals surface area contributed by atoms with Crippen LogP contribution in [0.1, 0.15) is 5.69 Å². The number of alkyl halides is 3. The van der Waals surface area contributed by atoms with E-state index < -0.39 is 11.9 Å². The molecule has 0 amide bonds. The molecule has 2 aromatic rings. The summed E-state index contributed by atoms with van der Waals surface area (Å²) < 4.78 is 38.8. The van der Waals surface area contributed by atoms with E-state index in [2.05, 4.69) is 30.9 Å². The van der Waals surface area contributed by atoms with Gasteiger partial charge in [-0.3, -0.25) is 5.43 Å². The van der Waals surface area contributed by atoms with Crippen molar-refractivity contribution in [2.24, 2.45) is 5.84 Å². The Morgan fingerprint density at radius 3 is 2.65 bits per heavy atom. The molecule has 0 aliphatic rings. The van der Waals surface area contributed by atoms with Crippen molar-refractivity contribution in [3.05, 3.63) is 34.6 Å². The molecule has 20 heavy (non-hydrogen) atoms. The van der Waals surface area contributed by atoms with Gasteiger partial charge in [0.05, 0.1) is 4.47 Å². The van der Waals surface area contributed by atoms with Gasteiger partial charge in [0.25, 0.3) is 0 Å². The molecule has 106 valence electrons. The van der Waals surface area contributed by atoms with Gasteiger partial charge in [-0.1, -0.05) is 0 Å². The van der Waals surface area contributed by atoms with Gasteiger partial charge in [0, 0.05) is 12.3 Å². The summed E-state index contributed by atoms with van der Waals surface area (Å²) in [5.74, 6) is 4.77. The maximum Gasteiger partial charge on any atom is 0.433 e. The van der Waals surface area contributed by atoms with E-state index in [1.807, 2.05) is 5.43 Å². The molecule has 0 radical (unpaired) electrons. The summed E-state index contributed by atoms with van der Waals surface area (Å²) in [5.41, 5.74) is 0.938. The first-order chi connectivity index (χ1) is 9.40. The maximum absolute atomic E-state index is 12.7. The number of nitrogens with one attached hydrogen (secondary N) is 1. The number of hydrazine groups is 1. The first kappa shape index (κ1) is 15.0. The van der Waals surface area contributed by atoms with E-state index in [0.29, 0.717) is 9.50 Å². The number of pyridine rings is 1. The molecular weight excluding hydrogens is 359 g/mol. The summed E-state index contributed by atoms with van der Waals surface area (Å²) >= 11 is 4.23. The average molecular weight is 366 g/mol. The van der Waals surface area contributed by atoms with Crippen molar-refractivity contribution in [2.75, 3.05) is 5.43 Å². The van der Waals surface area contributed by atoms with Gasteiger partial charge in [-0.25, -0.2) is 20.8 Å². The van der Waals surface area contributed by atoms with Crippen LogP contribution in [0.5, 0.6) is 0 Å². The smallest absolute Gasteiger partial charge is 0.292 e. The summed E-state index contributed by atoms with van der Waals surface area (Å²) in [6, 6.07) is 4.26. The van der Waals surface area contributed by atoms with Crippen LogP contribution in [0.15, 0.2) is 38.9 Å². The summed E-state index contributed by atoms with van der Waals surface area (Å²) in [6.07, 6.45) is -3.05. The SMILES string of the molecule is NNc1nc(Sc2ncccc2Br)cc(C(F)(F)F)n1. The first-order valence-electron chi connectivity index (χ1n) is 5.11. The zero-order valence-electron chi connectivity index (χ0n) is 9.65. The van der Waals surface area contributed by atoms with Crippen molar-refractivity contribution in [1.82, 2.24) is 15.0 Å². The average Bonchev–Trinajstić information content (AvgIpc) is 2.40. The van der Waals surface area contributed by atoms with Crippen molar-refractivity contribution < 1.29 is 13.2 Å². The summed E-state index contributed by atoms with van der Waals surface area (Å²) in [4.78, 5) is 11.2. The third-order valence-corrected chi connectivity index (χ3v) is 3.89. The third kappa shape index (κ3) is 3.58. The Kier molecular flexibility index (Phi) is 4.45. The summed E-state index contributed by atoms with van der Waals surface area (Å²) in [5, 5.41) is 0.571. The zero-order valence-corrected chi connectivity index (χ0v) is 12.1. The lowest BCUT2D eigenvalue weighted by Crippen LogP contribution is -2.15. The molecule has 0 saturated heterocycles. The highest BCUT2D eigenvalue weighted by molar-refractivity contribution is 9.10. The Balaban J connectivity index is 2.39. The number of nitrogens with zero attached hydrogens (tertiary/aromatic N) is 3. The number of anilines is 1. The van der Waals surface area contributed by atoms with Gasteiger partial charge in [-0.15, -0.1) is 0 Å². The summed E-state index contributed by atoms with van der Waals surface area (Å²) in [7, 11) is 0. The second-order valence-corrected chi connectivity index (χ2v) is 5.31. The van der Waals surface area contributed by atoms with Crippen LogP contribution in [0.3, 0.4) is 0 Å². The summed E-state index contributed by atoms with van der Waals surface area (Å²) in [6.45, 7) is 0. The highest BCUT2D eigenvalue weighted by Crippen LogP contribution is 2.34. The standard InChI is InChI=1S/C10H7BrF3N5S/c11-5-2-1-3-16-8(5)20-7-4-6(10(12,13)14)17-9(18-7)19-15/h1-4H,15H2,(H,17,18,19). The lowest BCUT2D eigenvalue weighted by Gasteiger charge is -2.09. The Morgan fingerprint density at radius 2 is 2.05 bits per heavy atom. The monoisotopic (exact) mass is 365 g/mol. The molecule has 2 aromatic heterocycles. The van der Waals surface area contributed by atoms with Crippen LogP contribution < -0.4 is 11.3 Å². The molecule has 0 aromatic carbocycles. The minimum atomic E-state index is -4.58. The van der Waals surface area contributed by atoms with Crippen LogP contribution >= 0.6 is 27.7 Å². The highest BCUT2D eigenvalue weighted by atomic mass is 79.9. The topological polar surface area (TPSA) is 76.7 Å². The Labute approximate surface area is 124 Å². The number of aromatic nitrogens is 3. The molecule has 2 heterocycles. The second-order valence-electron chi connectivity index (χ2n) is 3.45. The van der Waals surface area contributed by atoms with Gasteiger partial charge in [0.2, 0.25) is 5.95 Å². The predicted octanol–water partition coefficient (Wildman–Crippen LogP) is 3.09. The number of hydrogen-bond donors (Lipinski definition) is 2. The molecule has 0 aliphatic heterocycles. The molecule has 5 nitrogen and oxygen atoms in total. The minimum absolute atomic E-state index is 0.0830. The van der Waals surface area contributed by atoms with E-state index >= 15 is 0 Å². The normalized spacial score (nSPS) is 11.4. The quantitative estimate of drug-likeness (QED) is 0.494. The van der Waals surface area contributed by atoms with Gasteiger partial charge in [0.1, 0.15) is 10.1 Å². The van der Waals surface area contributed by atoms with Crippen LogP contribution in [0, 0.1) is 0 Å². The van der Waals surface area contributed by atoms with Gasteiger partial charge in [0.15, 0.2) is 5.69 Å². The van der Waals surface area contributed by atoms with E-state index in [9.17, 15) is 13.2 Å². The minimum Gasteiger partial charge on any atom is -0.292 e. The molecule has 0 atom stereocenters. The molecule has 3 N–H and O–H groups in total. The fraction of sp³-hybridized carbons (Fsp3) is 0.100. The predicted molar refractivity (Wildman–Crippen MR) is 70.9 cm³/mol. The molecule has 0 saturated carbocycles. The van der Waals surface area contributed by atoms with Crippen molar-refractivity contribution in [3.8, 4) is 0 Å². The highest BCUT2D eigenvalue weighted by Gasteiger charge is 2.33. The largest absolute Gasteiger partial charge is 0.433 e. The number of nitrogens with two attached hydrogens (primary N) is 1. The first-order valence-corrected chi connectivity index (χ1v) is 6.72. The molecule has 10 heteroatoms. The number of nitrogen functional groups attached to an aromatic ring is 1. The molecule has 0 aliphatic carbocycles. The zero-order chi connectivity index (χ0) is 14.8. The lowest BCUT2D eigenvalue weighted by atomic mass is 10.4. The molecule has 0 bridgehead atoms. The molecule has 2 rings (SSSR count). The fourth-order valence-electron chi connectivity index (χ4n) is 1.23. The lowest BCUT2D eigenvalue weighted by molar-refractivity contribution is -0.141. The van der Waals surface area contributed by atoms with Gasteiger partial charge in [-0.2, -0.15) is 13.2 Å². The number of hydrogen-bond acceptors (Lipinski definition) is 6. The van der Waals surface area contributed by atoms with Gasteiger partial charge >= 0.3 is 6.18 Å². The van der Waals surface area contributed by atoms with Crippen LogP contribution in [0.4, 0.5) is 19.1 Å². The Bertz CT molecular complexity index is 622. The van der Waals surface area contributed by atoms with Crippen LogP contribution in [-0.4, -0.2) is 15.0 Å². The van der Waals surface area contributed by atoms with Crippen molar-refractivity contribution in [1.29, 1.82) is 0 Å². The molecule has 0 unspecified atom stereocenters. The third-order valence-electron chi connectivity index (χ3n) is 2.05. The van der Waals surface area contributed by atoms with E-state index in [4.69, 9.17) is 5.84 Å². The van der Waals surface area contributed by atoms with E-state index in [1.165, 1.54) is 6.20 Å². The van der Waals surface area contributed by atoms with Crippen molar-refractivity contribution in [2.45, 2.75) is 16.2 Å². The molecule has 0 spiro atoms. The van der Waals surface area contributed by atoms with Gasteiger partial charge in [-0.05, 0) is 39.8 Å². The van der Waals surface area contributed by atoms with Crippen LogP contribution in [0.25, 0.3) is 0 Å². The van der Waals surface area contributed by atoms with Crippen LogP contribution in [0.2, 0.25) is 0 Å². The van der Waals surface area contributed by atoms with E-state index in [1.54, 1.807) is 12.1 Å². The second kappa shape index (κ2) is 5.94. The van der Waals surface area contributed by atoms with E-state index in [0.717, 1.165) is 17.8 Å². The maximum atomic E-state index is 12.7. The van der Waals surface area contributed by atoms with Gasteiger partial charge < -0.3 is 0 Å². The number of rotatable bonds is 3. The Morgan fingerprint density at radius 1 is 1.30 bits per heavy atom. The van der Waals surface area contributed by atoms with Crippen molar-refractivity contribution >= 4 is 33.6 Å².